The van der Waals surface area contributed by atoms with Crippen molar-refractivity contribution in [1.29, 1.82) is 0 Å². The second-order valence-electron chi connectivity index (χ2n) is 7.23. The number of amides is 2. The van der Waals surface area contributed by atoms with E-state index in [9.17, 15) is 24.7 Å². The second kappa shape index (κ2) is 11.5. The molecule has 1 saturated heterocycles. The van der Waals surface area contributed by atoms with Crippen LogP contribution in [-0.4, -0.2) is 82.5 Å². The molecule has 0 aliphatic carbocycles. The third-order valence-corrected chi connectivity index (χ3v) is 9.16. The van der Waals surface area contributed by atoms with Gasteiger partial charge in [-0.05, 0) is 12.1 Å². The molecule has 0 bridgehead atoms. The number of nitrogens with zero attached hydrogens (tertiary/aromatic N) is 5. The monoisotopic (exact) mass is 568 g/mol. The number of hydrogen-bond acceptors (Lipinski definition) is 14. The lowest BCUT2D eigenvalue weighted by Crippen LogP contribution is -2.71. The first-order chi connectivity index (χ1) is 17.3. The molecule has 0 radical (unpaired) electrons. The van der Waals surface area contributed by atoms with Crippen LogP contribution in [0.25, 0.3) is 0 Å². The SMILES string of the molecule is NCCSCc1ncccc1SC1=C(C(=O)O)N2C(=O)C(NC(=O)/C(=N\O)c3nsc(N)n3)C2SC1. The number of carbonyl (C=O) groups excluding carboxylic acids is 2. The number of rotatable bonds is 10. The maximum atomic E-state index is 12.9. The highest BCUT2D eigenvalue weighted by Gasteiger charge is 2.54. The van der Waals surface area contributed by atoms with Gasteiger partial charge in [0, 0.05) is 51.3 Å². The Hall–Kier alpha value is -2.86. The molecule has 2 aromatic heterocycles. The number of thioether (sulfide) groups is 3. The topological polar surface area (TPSA) is 210 Å². The minimum Gasteiger partial charge on any atom is -0.477 e. The molecule has 0 saturated carbocycles. The summed E-state index contributed by atoms with van der Waals surface area (Å²) >= 11 is 5.02. The van der Waals surface area contributed by atoms with E-state index in [0.717, 1.165) is 32.8 Å². The molecule has 2 atom stereocenters. The van der Waals surface area contributed by atoms with Gasteiger partial charge < -0.3 is 27.1 Å². The summed E-state index contributed by atoms with van der Waals surface area (Å²) < 4.78 is 3.83. The Morgan fingerprint density at radius 1 is 1.39 bits per heavy atom. The van der Waals surface area contributed by atoms with Crippen molar-refractivity contribution in [2.24, 2.45) is 10.9 Å². The van der Waals surface area contributed by atoms with Crippen molar-refractivity contribution in [1.82, 2.24) is 24.6 Å². The molecule has 13 nitrogen and oxygen atoms in total. The summed E-state index contributed by atoms with van der Waals surface area (Å²) in [5.41, 5.74) is 11.2. The first-order valence-electron chi connectivity index (χ1n) is 10.3. The maximum Gasteiger partial charge on any atom is 0.353 e. The van der Waals surface area contributed by atoms with Crippen molar-refractivity contribution in [2.75, 3.05) is 23.8 Å². The minimum atomic E-state index is -1.25. The van der Waals surface area contributed by atoms with Gasteiger partial charge in [-0.15, -0.1) is 11.8 Å². The van der Waals surface area contributed by atoms with Crippen molar-refractivity contribution in [3.05, 3.63) is 40.5 Å². The Bertz CT molecular complexity index is 1250. The number of anilines is 1. The third-order valence-electron chi connectivity index (χ3n) is 4.97. The molecule has 2 aromatic rings. The fraction of sp³-hybridized carbons (Fsp3) is 0.316. The molecule has 7 N–H and O–H groups in total. The van der Waals surface area contributed by atoms with Crippen molar-refractivity contribution >= 4 is 75.4 Å². The fourth-order valence-corrected chi connectivity index (χ4v) is 7.24. The standard InChI is InChI=1S/C19H20N8O5S4/c20-3-5-33-6-8-9(2-1-4-22-8)35-10-7-34-17-12(16(29)27(17)13(10)18(30)31)23-15(28)11(25-32)14-24-19(21)36-26-14/h1-2,4,12,17,32H,3,5-7,20H2,(H,23,28)(H,30,31)(H2,21,24,26)/b25-11-. The summed E-state index contributed by atoms with van der Waals surface area (Å²) in [5, 5.41) is 24.0. The summed E-state index contributed by atoms with van der Waals surface area (Å²) in [6.07, 6.45) is 1.67. The van der Waals surface area contributed by atoms with E-state index in [1.54, 1.807) is 24.0 Å². The van der Waals surface area contributed by atoms with E-state index in [1.807, 2.05) is 6.07 Å². The molecular weight excluding hydrogens is 549 g/mol. The van der Waals surface area contributed by atoms with E-state index < -0.39 is 34.9 Å². The largest absolute Gasteiger partial charge is 0.477 e. The molecule has 1 fully saturated rings. The zero-order chi connectivity index (χ0) is 25.8. The second-order valence-corrected chi connectivity index (χ2v) is 11.4. The number of carboxylic acid groups (broad SMARTS) is 1. The number of hydrogen-bond donors (Lipinski definition) is 5. The van der Waals surface area contributed by atoms with Crippen molar-refractivity contribution in [2.45, 2.75) is 22.1 Å². The Morgan fingerprint density at radius 3 is 2.86 bits per heavy atom. The van der Waals surface area contributed by atoms with Gasteiger partial charge in [0.25, 0.3) is 11.8 Å². The molecule has 2 aliphatic rings. The van der Waals surface area contributed by atoms with Crippen LogP contribution in [-0.2, 0) is 20.1 Å². The van der Waals surface area contributed by atoms with Crippen LogP contribution in [0.1, 0.15) is 11.5 Å². The lowest BCUT2D eigenvalue weighted by atomic mass is 10.0. The van der Waals surface area contributed by atoms with Gasteiger partial charge in [-0.2, -0.15) is 21.1 Å². The van der Waals surface area contributed by atoms with Gasteiger partial charge >= 0.3 is 5.97 Å². The number of nitrogens with one attached hydrogen (secondary N) is 1. The third kappa shape index (κ3) is 5.29. The molecule has 4 rings (SSSR count). The Labute approximate surface area is 221 Å². The number of oxime groups is 1. The highest BCUT2D eigenvalue weighted by Crippen LogP contribution is 2.45. The predicted octanol–water partition coefficient (Wildman–Crippen LogP) is 0.374. The molecule has 17 heteroatoms. The number of carbonyl (C=O) groups is 3. The van der Waals surface area contributed by atoms with Gasteiger partial charge in [-0.3, -0.25) is 19.5 Å². The fourth-order valence-electron chi connectivity index (χ4n) is 3.41. The number of fused-ring (bicyclic) bond motifs is 1. The summed E-state index contributed by atoms with van der Waals surface area (Å²) in [6.45, 7) is 0.543. The van der Waals surface area contributed by atoms with Crippen LogP contribution in [0.2, 0.25) is 0 Å². The zero-order valence-corrected chi connectivity index (χ0v) is 21.6. The van der Waals surface area contributed by atoms with Gasteiger partial charge in [0.05, 0.1) is 5.69 Å². The lowest BCUT2D eigenvalue weighted by molar-refractivity contribution is -0.150. The van der Waals surface area contributed by atoms with E-state index in [2.05, 4.69) is 24.8 Å². The van der Waals surface area contributed by atoms with Crippen molar-refractivity contribution < 1.29 is 24.7 Å². The molecule has 2 unspecified atom stereocenters. The minimum absolute atomic E-state index is 0.0729. The number of pyridine rings is 1. The van der Waals surface area contributed by atoms with E-state index in [0.29, 0.717) is 23.0 Å². The average molecular weight is 569 g/mol. The lowest BCUT2D eigenvalue weighted by Gasteiger charge is -2.49. The number of nitrogens with two attached hydrogens (primary N) is 2. The molecule has 4 heterocycles. The van der Waals surface area contributed by atoms with E-state index >= 15 is 0 Å². The Morgan fingerprint density at radius 2 is 2.19 bits per heavy atom. The number of aromatic nitrogens is 3. The number of β-lactam (4-membered cyclic amide) rings is 1. The van der Waals surface area contributed by atoms with Crippen molar-refractivity contribution in [3.63, 3.8) is 0 Å². The predicted molar refractivity (Wildman–Crippen MR) is 138 cm³/mol. The highest BCUT2D eigenvalue weighted by atomic mass is 32.2. The van der Waals surface area contributed by atoms with Gasteiger partial charge in [0.1, 0.15) is 17.1 Å². The van der Waals surface area contributed by atoms with Gasteiger partial charge in [0.2, 0.25) is 11.5 Å². The summed E-state index contributed by atoms with van der Waals surface area (Å²) in [7, 11) is 0. The smallest absolute Gasteiger partial charge is 0.353 e. The quantitative estimate of drug-likeness (QED) is 0.0863. The molecule has 2 aliphatic heterocycles. The summed E-state index contributed by atoms with van der Waals surface area (Å²) in [5.74, 6) is -1.21. The van der Waals surface area contributed by atoms with Gasteiger partial charge in [-0.1, -0.05) is 16.9 Å². The summed E-state index contributed by atoms with van der Waals surface area (Å²) in [6, 6.07) is 2.61. The average Bonchev–Trinajstić information content (AvgIpc) is 3.29. The van der Waals surface area contributed by atoms with Crippen LogP contribution in [0.5, 0.6) is 0 Å². The molecule has 0 aromatic carbocycles. The van der Waals surface area contributed by atoms with E-state index in [4.69, 9.17) is 11.5 Å². The van der Waals surface area contributed by atoms with Crippen molar-refractivity contribution in [3.8, 4) is 0 Å². The highest BCUT2D eigenvalue weighted by molar-refractivity contribution is 8.06. The first kappa shape index (κ1) is 26.2. The van der Waals surface area contributed by atoms with Crippen LogP contribution < -0.4 is 16.8 Å². The Balaban J connectivity index is 1.51. The van der Waals surface area contributed by atoms with Crippen LogP contribution >= 0.6 is 46.8 Å². The van der Waals surface area contributed by atoms with E-state index in [-0.39, 0.29) is 16.7 Å². The molecular formula is C19H20N8O5S4. The zero-order valence-electron chi connectivity index (χ0n) is 18.4. The van der Waals surface area contributed by atoms with Crippen LogP contribution in [0.3, 0.4) is 0 Å². The van der Waals surface area contributed by atoms with Gasteiger partial charge in [0.15, 0.2) is 5.13 Å². The Kier molecular flexibility index (Phi) is 8.35. The summed E-state index contributed by atoms with van der Waals surface area (Å²) in [4.78, 5) is 48.4. The van der Waals surface area contributed by atoms with E-state index in [1.165, 1.54) is 23.5 Å². The first-order valence-corrected chi connectivity index (χ1v) is 14.1. The number of carboxylic acids is 1. The number of nitrogen functional groups attached to an aromatic ring is 1. The maximum absolute atomic E-state index is 12.9. The van der Waals surface area contributed by atoms with Gasteiger partial charge in [-0.25, -0.2) is 4.79 Å². The van der Waals surface area contributed by atoms with Crippen LogP contribution in [0, 0.1) is 0 Å². The number of aliphatic carboxylic acids is 1. The normalized spacial score (nSPS) is 19.6. The molecule has 0 spiro atoms. The van der Waals surface area contributed by atoms with Crippen LogP contribution in [0.4, 0.5) is 5.13 Å². The van der Waals surface area contributed by atoms with Crippen LogP contribution in [0.15, 0.2) is 39.0 Å². The molecule has 36 heavy (non-hydrogen) atoms. The molecule has 190 valence electrons. The molecule has 2 amide bonds.